The van der Waals surface area contributed by atoms with Crippen LogP contribution in [0.2, 0.25) is 0 Å². The first-order valence-corrected chi connectivity index (χ1v) is 4.55. The molecule has 0 aromatic heterocycles. The zero-order chi connectivity index (χ0) is 11.6. The maximum absolute atomic E-state index is 13.2. The molecule has 1 aromatic rings. The predicted octanol–water partition coefficient (Wildman–Crippen LogP) is 2.30. The highest BCUT2D eigenvalue weighted by atomic mass is 35.5. The molecule has 0 spiro atoms. The van der Waals surface area contributed by atoms with Gasteiger partial charge in [0.1, 0.15) is 5.82 Å². The molecular weight excluding hydrogens is 243 g/mol. The lowest BCUT2D eigenvalue weighted by atomic mass is 10.00. The molecule has 0 bridgehead atoms. The first-order valence-electron chi connectivity index (χ1n) is 4.55. The molecule has 1 rings (SSSR count). The number of rotatable bonds is 3. The summed E-state index contributed by atoms with van der Waals surface area (Å²) in [7, 11) is 0. The van der Waals surface area contributed by atoms with Crippen molar-refractivity contribution in [2.75, 3.05) is 0 Å². The molecule has 2 atom stereocenters. The first-order chi connectivity index (χ1) is 6.97. The van der Waals surface area contributed by atoms with Gasteiger partial charge in [0, 0.05) is 11.6 Å². The lowest BCUT2D eigenvalue weighted by Crippen LogP contribution is -2.26. The Labute approximate surface area is 97.7 Å². The molecule has 92 valence electrons. The SMILES string of the molecule is CC[C@H](O)[C@H](N)c1cc(F)cc(F)c1F.Cl. The highest BCUT2D eigenvalue weighted by Gasteiger charge is 2.21. The first kappa shape index (κ1) is 15.2. The summed E-state index contributed by atoms with van der Waals surface area (Å²) in [6.45, 7) is 1.64. The van der Waals surface area contributed by atoms with Crippen molar-refractivity contribution in [3.05, 3.63) is 35.1 Å². The van der Waals surface area contributed by atoms with Crippen molar-refractivity contribution in [1.82, 2.24) is 0 Å². The van der Waals surface area contributed by atoms with Crippen molar-refractivity contribution < 1.29 is 18.3 Å². The summed E-state index contributed by atoms with van der Waals surface area (Å²) in [6.07, 6.45) is -0.751. The van der Waals surface area contributed by atoms with Gasteiger partial charge in [0.15, 0.2) is 11.6 Å². The van der Waals surface area contributed by atoms with Gasteiger partial charge in [0.25, 0.3) is 0 Å². The molecule has 0 heterocycles. The van der Waals surface area contributed by atoms with Crippen molar-refractivity contribution in [2.24, 2.45) is 5.73 Å². The van der Waals surface area contributed by atoms with E-state index in [1.54, 1.807) is 6.92 Å². The van der Waals surface area contributed by atoms with Gasteiger partial charge in [-0.05, 0) is 12.5 Å². The minimum absolute atomic E-state index is 0. The fourth-order valence-electron chi connectivity index (χ4n) is 1.28. The van der Waals surface area contributed by atoms with E-state index in [1.165, 1.54) is 0 Å². The van der Waals surface area contributed by atoms with Gasteiger partial charge in [-0.25, -0.2) is 13.2 Å². The molecule has 2 nitrogen and oxygen atoms in total. The summed E-state index contributed by atoms with van der Waals surface area (Å²) >= 11 is 0. The largest absolute Gasteiger partial charge is 0.391 e. The third kappa shape index (κ3) is 3.10. The summed E-state index contributed by atoms with van der Waals surface area (Å²) in [4.78, 5) is 0. The summed E-state index contributed by atoms with van der Waals surface area (Å²) in [6, 6.07) is 0.103. The topological polar surface area (TPSA) is 46.2 Å². The molecule has 0 aliphatic rings. The summed E-state index contributed by atoms with van der Waals surface area (Å²) in [5, 5.41) is 9.35. The Morgan fingerprint density at radius 2 is 1.88 bits per heavy atom. The minimum atomic E-state index is -1.30. The van der Waals surface area contributed by atoms with Crippen LogP contribution in [0.3, 0.4) is 0 Å². The van der Waals surface area contributed by atoms with E-state index in [2.05, 4.69) is 0 Å². The van der Waals surface area contributed by atoms with Crippen LogP contribution in [0.1, 0.15) is 24.9 Å². The van der Waals surface area contributed by atoms with Crippen molar-refractivity contribution in [3.63, 3.8) is 0 Å². The second kappa shape index (κ2) is 6.08. The van der Waals surface area contributed by atoms with Crippen LogP contribution in [0.4, 0.5) is 13.2 Å². The van der Waals surface area contributed by atoms with E-state index in [1.807, 2.05) is 0 Å². The maximum atomic E-state index is 13.2. The van der Waals surface area contributed by atoms with Gasteiger partial charge >= 0.3 is 0 Å². The number of aliphatic hydroxyl groups excluding tert-OH is 1. The number of aliphatic hydroxyl groups is 1. The monoisotopic (exact) mass is 255 g/mol. The van der Waals surface area contributed by atoms with Crippen LogP contribution in [0.15, 0.2) is 12.1 Å². The van der Waals surface area contributed by atoms with Crippen molar-refractivity contribution in [1.29, 1.82) is 0 Å². The Kier molecular flexibility index (Phi) is 5.78. The Morgan fingerprint density at radius 1 is 1.31 bits per heavy atom. The molecule has 0 saturated heterocycles. The van der Waals surface area contributed by atoms with Crippen LogP contribution in [-0.2, 0) is 0 Å². The van der Waals surface area contributed by atoms with Crippen LogP contribution in [-0.4, -0.2) is 11.2 Å². The standard InChI is InChI=1S/C10H12F3NO.ClH/c1-2-8(15)10(14)6-3-5(11)4-7(12)9(6)13;/h3-4,8,10,15H,2,14H2,1H3;1H/t8-,10+;/m0./s1. The molecule has 3 N–H and O–H groups in total. The zero-order valence-corrected chi connectivity index (χ0v) is 9.40. The van der Waals surface area contributed by atoms with Crippen LogP contribution in [0.5, 0.6) is 0 Å². The molecular formula is C10H13ClF3NO. The maximum Gasteiger partial charge on any atom is 0.163 e. The van der Waals surface area contributed by atoms with Gasteiger partial charge in [-0.1, -0.05) is 6.92 Å². The summed E-state index contributed by atoms with van der Waals surface area (Å²) in [5.74, 6) is -3.43. The smallest absolute Gasteiger partial charge is 0.163 e. The molecule has 1 aromatic carbocycles. The fourth-order valence-corrected chi connectivity index (χ4v) is 1.28. The molecule has 0 aliphatic carbocycles. The number of hydrogen-bond donors (Lipinski definition) is 2. The third-order valence-electron chi connectivity index (χ3n) is 2.21. The molecule has 0 amide bonds. The molecule has 6 heteroatoms. The highest BCUT2D eigenvalue weighted by Crippen LogP contribution is 2.22. The molecule has 0 aliphatic heterocycles. The van der Waals surface area contributed by atoms with E-state index in [0.717, 1.165) is 6.07 Å². The number of nitrogens with two attached hydrogens (primary N) is 1. The number of halogens is 4. The molecule has 0 saturated carbocycles. The Bertz CT molecular complexity index is 362. The normalized spacial score (nSPS) is 14.1. The van der Waals surface area contributed by atoms with E-state index in [4.69, 9.17) is 5.73 Å². The highest BCUT2D eigenvalue weighted by molar-refractivity contribution is 5.85. The van der Waals surface area contributed by atoms with Crippen LogP contribution in [0, 0.1) is 17.5 Å². The average Bonchev–Trinajstić information content (AvgIpc) is 2.21. The molecule has 0 fully saturated rings. The Morgan fingerprint density at radius 3 is 2.38 bits per heavy atom. The van der Waals surface area contributed by atoms with E-state index in [0.29, 0.717) is 6.07 Å². The van der Waals surface area contributed by atoms with E-state index in [-0.39, 0.29) is 24.4 Å². The van der Waals surface area contributed by atoms with Gasteiger partial charge in [0.2, 0.25) is 0 Å². The Hall–Kier alpha value is -0.780. The third-order valence-corrected chi connectivity index (χ3v) is 2.21. The average molecular weight is 256 g/mol. The van der Waals surface area contributed by atoms with Crippen molar-refractivity contribution in [3.8, 4) is 0 Å². The summed E-state index contributed by atoms with van der Waals surface area (Å²) < 4.78 is 38.8. The van der Waals surface area contributed by atoms with Crippen LogP contribution >= 0.6 is 12.4 Å². The van der Waals surface area contributed by atoms with E-state index in [9.17, 15) is 18.3 Å². The molecule has 16 heavy (non-hydrogen) atoms. The van der Waals surface area contributed by atoms with Crippen molar-refractivity contribution >= 4 is 12.4 Å². The number of hydrogen-bond acceptors (Lipinski definition) is 2. The fraction of sp³-hybridized carbons (Fsp3) is 0.400. The van der Waals surface area contributed by atoms with E-state index >= 15 is 0 Å². The van der Waals surface area contributed by atoms with Gasteiger partial charge in [-0.15, -0.1) is 12.4 Å². The van der Waals surface area contributed by atoms with Gasteiger partial charge in [-0.3, -0.25) is 0 Å². The van der Waals surface area contributed by atoms with E-state index < -0.39 is 29.6 Å². The summed E-state index contributed by atoms with van der Waals surface area (Å²) in [5.41, 5.74) is 5.12. The van der Waals surface area contributed by atoms with Crippen LogP contribution < -0.4 is 5.73 Å². The second-order valence-corrected chi connectivity index (χ2v) is 3.29. The number of benzene rings is 1. The zero-order valence-electron chi connectivity index (χ0n) is 8.58. The Balaban J connectivity index is 0.00000225. The lowest BCUT2D eigenvalue weighted by Gasteiger charge is -2.18. The second-order valence-electron chi connectivity index (χ2n) is 3.29. The van der Waals surface area contributed by atoms with Gasteiger partial charge in [-0.2, -0.15) is 0 Å². The quantitative estimate of drug-likeness (QED) is 0.814. The van der Waals surface area contributed by atoms with Crippen molar-refractivity contribution in [2.45, 2.75) is 25.5 Å². The predicted molar refractivity (Wildman–Crippen MR) is 56.8 cm³/mol. The molecule has 0 radical (unpaired) electrons. The van der Waals surface area contributed by atoms with Crippen LogP contribution in [0.25, 0.3) is 0 Å². The lowest BCUT2D eigenvalue weighted by molar-refractivity contribution is 0.138. The molecule has 0 unspecified atom stereocenters. The van der Waals surface area contributed by atoms with Gasteiger partial charge in [0.05, 0.1) is 12.1 Å². The minimum Gasteiger partial charge on any atom is -0.391 e. The van der Waals surface area contributed by atoms with Gasteiger partial charge < -0.3 is 10.8 Å².